The summed E-state index contributed by atoms with van der Waals surface area (Å²) in [6, 6.07) is 8.76. The van der Waals surface area contributed by atoms with Gasteiger partial charge in [0.05, 0.1) is 0 Å². The maximum Gasteiger partial charge on any atom is 0.105 e. The van der Waals surface area contributed by atoms with Gasteiger partial charge in [-0.15, -0.1) is 0 Å². The molecule has 3 nitrogen and oxygen atoms in total. The number of benzene rings is 1. The van der Waals surface area contributed by atoms with Crippen molar-refractivity contribution in [2.75, 3.05) is 0 Å². The van der Waals surface area contributed by atoms with Crippen LogP contribution in [0.2, 0.25) is 5.02 Å². The number of aromatic nitrogens is 2. The summed E-state index contributed by atoms with van der Waals surface area (Å²) in [5, 5.41) is 4.66. The van der Waals surface area contributed by atoms with Crippen molar-refractivity contribution in [2.45, 2.75) is 57.7 Å². The highest BCUT2D eigenvalue weighted by atomic mass is 35.5. The third kappa shape index (κ3) is 3.90. The molecule has 0 radical (unpaired) electrons. The van der Waals surface area contributed by atoms with E-state index < -0.39 is 0 Å². The Morgan fingerprint density at radius 3 is 2.64 bits per heavy atom. The van der Waals surface area contributed by atoms with Crippen molar-refractivity contribution in [3.63, 3.8) is 0 Å². The van der Waals surface area contributed by atoms with Gasteiger partial charge in [-0.3, -0.25) is 0 Å². The topological polar surface area (TPSA) is 29.9 Å². The van der Waals surface area contributed by atoms with Crippen molar-refractivity contribution >= 4 is 11.6 Å². The number of rotatable bonds is 7. The molecule has 0 amide bonds. The summed E-state index contributed by atoms with van der Waals surface area (Å²) in [6.45, 7) is 5.37. The van der Waals surface area contributed by atoms with Gasteiger partial charge in [0, 0.05) is 35.5 Å². The van der Waals surface area contributed by atoms with Crippen LogP contribution in [0.4, 0.5) is 0 Å². The van der Waals surface area contributed by atoms with Crippen LogP contribution in [0.25, 0.3) is 0 Å². The second kappa shape index (κ2) is 6.43. The SMILES string of the molecule is Cc1nccn1CCC(C)NC1(Cc2ccc(Cl)cc2)CC1. The standard InChI is InChI=1S/C18H24ClN3/c1-14(7-11-22-12-10-20-15(22)2)21-18(8-9-18)13-16-3-5-17(19)6-4-16/h3-6,10,12,14,21H,7-9,11,13H2,1-2H3. The Morgan fingerprint density at radius 1 is 1.32 bits per heavy atom. The highest BCUT2D eigenvalue weighted by Crippen LogP contribution is 2.39. The van der Waals surface area contributed by atoms with E-state index in [1.165, 1.54) is 18.4 Å². The molecule has 1 N–H and O–H groups in total. The van der Waals surface area contributed by atoms with Crippen LogP contribution in [0.1, 0.15) is 37.6 Å². The first-order valence-corrected chi connectivity index (χ1v) is 8.44. The van der Waals surface area contributed by atoms with E-state index in [1.807, 2.05) is 18.3 Å². The van der Waals surface area contributed by atoms with Crippen LogP contribution in [-0.2, 0) is 13.0 Å². The average molecular weight is 318 g/mol. The Hall–Kier alpha value is -1.32. The van der Waals surface area contributed by atoms with Gasteiger partial charge in [0.1, 0.15) is 5.82 Å². The zero-order valence-corrected chi connectivity index (χ0v) is 14.1. The van der Waals surface area contributed by atoms with Gasteiger partial charge in [-0.1, -0.05) is 23.7 Å². The molecule has 118 valence electrons. The first-order valence-electron chi connectivity index (χ1n) is 8.06. The van der Waals surface area contributed by atoms with Crippen LogP contribution in [0.5, 0.6) is 0 Å². The van der Waals surface area contributed by atoms with Crippen molar-refractivity contribution in [3.05, 3.63) is 53.1 Å². The second-order valence-corrected chi connectivity index (χ2v) is 7.02. The first-order chi connectivity index (χ1) is 10.6. The van der Waals surface area contributed by atoms with E-state index in [0.717, 1.165) is 30.2 Å². The third-order valence-corrected chi connectivity index (χ3v) is 4.84. The fourth-order valence-electron chi connectivity index (χ4n) is 3.08. The van der Waals surface area contributed by atoms with Gasteiger partial charge in [0.2, 0.25) is 0 Å². The molecule has 1 atom stereocenters. The van der Waals surface area contributed by atoms with Crippen molar-refractivity contribution < 1.29 is 0 Å². The van der Waals surface area contributed by atoms with Crippen LogP contribution < -0.4 is 5.32 Å². The molecular formula is C18H24ClN3. The third-order valence-electron chi connectivity index (χ3n) is 4.59. The summed E-state index contributed by atoms with van der Waals surface area (Å²) in [6.07, 6.45) is 8.69. The molecule has 1 saturated carbocycles. The molecule has 0 saturated heterocycles. The normalized spacial score (nSPS) is 17.4. The predicted molar refractivity (Wildman–Crippen MR) is 91.3 cm³/mol. The van der Waals surface area contributed by atoms with Crippen molar-refractivity contribution in [3.8, 4) is 0 Å². The summed E-state index contributed by atoms with van der Waals surface area (Å²) in [5.74, 6) is 1.09. The molecule has 1 heterocycles. The minimum atomic E-state index is 0.303. The largest absolute Gasteiger partial charge is 0.335 e. The molecule has 3 rings (SSSR count). The summed E-state index contributed by atoms with van der Waals surface area (Å²) in [5.41, 5.74) is 1.67. The monoisotopic (exact) mass is 317 g/mol. The lowest BCUT2D eigenvalue weighted by molar-refractivity contribution is 0.392. The summed E-state index contributed by atoms with van der Waals surface area (Å²) >= 11 is 5.96. The van der Waals surface area contributed by atoms with Crippen LogP contribution in [-0.4, -0.2) is 21.1 Å². The molecule has 1 unspecified atom stereocenters. The lowest BCUT2D eigenvalue weighted by Gasteiger charge is -2.23. The maximum absolute atomic E-state index is 5.96. The maximum atomic E-state index is 5.96. The Morgan fingerprint density at radius 2 is 2.05 bits per heavy atom. The molecule has 22 heavy (non-hydrogen) atoms. The Labute approximate surface area is 137 Å². The molecule has 1 fully saturated rings. The molecule has 1 aliphatic rings. The Kier molecular flexibility index (Phi) is 4.55. The number of halogens is 1. The predicted octanol–water partition coefficient (Wildman–Crippen LogP) is 3.99. The zero-order valence-electron chi connectivity index (χ0n) is 13.3. The van der Waals surface area contributed by atoms with E-state index in [9.17, 15) is 0 Å². The van der Waals surface area contributed by atoms with Gasteiger partial charge >= 0.3 is 0 Å². The molecule has 0 bridgehead atoms. The van der Waals surface area contributed by atoms with Crippen LogP contribution in [0.15, 0.2) is 36.7 Å². The Bertz CT molecular complexity index is 614. The van der Waals surface area contributed by atoms with Gasteiger partial charge in [0.15, 0.2) is 0 Å². The molecule has 1 aromatic heterocycles. The summed E-state index contributed by atoms with van der Waals surface area (Å²) in [4.78, 5) is 4.28. The van der Waals surface area contributed by atoms with Crippen molar-refractivity contribution in [1.82, 2.24) is 14.9 Å². The number of hydrogen-bond acceptors (Lipinski definition) is 2. The van der Waals surface area contributed by atoms with Gasteiger partial charge in [-0.2, -0.15) is 0 Å². The van der Waals surface area contributed by atoms with Gasteiger partial charge in [0.25, 0.3) is 0 Å². The van der Waals surface area contributed by atoms with Gasteiger partial charge in [-0.05, 0) is 57.2 Å². The van der Waals surface area contributed by atoms with Gasteiger partial charge < -0.3 is 9.88 Å². The van der Waals surface area contributed by atoms with Gasteiger partial charge in [-0.25, -0.2) is 4.98 Å². The zero-order chi connectivity index (χ0) is 15.6. The smallest absolute Gasteiger partial charge is 0.105 e. The number of nitrogens with one attached hydrogen (secondary N) is 1. The molecular weight excluding hydrogens is 294 g/mol. The van der Waals surface area contributed by atoms with E-state index in [2.05, 4.69) is 47.0 Å². The number of hydrogen-bond donors (Lipinski definition) is 1. The lowest BCUT2D eigenvalue weighted by atomic mass is 10.0. The number of imidazole rings is 1. The molecule has 0 aliphatic heterocycles. The highest BCUT2D eigenvalue weighted by Gasteiger charge is 2.42. The molecule has 2 aromatic rings. The van der Waals surface area contributed by atoms with E-state index in [0.29, 0.717) is 11.6 Å². The minimum absolute atomic E-state index is 0.303. The molecule has 4 heteroatoms. The van der Waals surface area contributed by atoms with Crippen LogP contribution >= 0.6 is 11.6 Å². The van der Waals surface area contributed by atoms with Crippen LogP contribution in [0.3, 0.4) is 0 Å². The fraction of sp³-hybridized carbons (Fsp3) is 0.500. The Balaban J connectivity index is 1.51. The van der Waals surface area contributed by atoms with E-state index in [4.69, 9.17) is 11.6 Å². The van der Waals surface area contributed by atoms with E-state index in [-0.39, 0.29) is 0 Å². The highest BCUT2D eigenvalue weighted by molar-refractivity contribution is 6.30. The second-order valence-electron chi connectivity index (χ2n) is 6.59. The quantitative estimate of drug-likeness (QED) is 0.837. The van der Waals surface area contributed by atoms with E-state index >= 15 is 0 Å². The molecule has 1 aromatic carbocycles. The van der Waals surface area contributed by atoms with Crippen molar-refractivity contribution in [1.29, 1.82) is 0 Å². The first kappa shape index (κ1) is 15.6. The molecule has 1 aliphatic carbocycles. The van der Waals surface area contributed by atoms with E-state index in [1.54, 1.807) is 0 Å². The van der Waals surface area contributed by atoms with Crippen molar-refractivity contribution in [2.24, 2.45) is 0 Å². The summed E-state index contributed by atoms with van der Waals surface area (Å²) < 4.78 is 2.22. The lowest BCUT2D eigenvalue weighted by Crippen LogP contribution is -2.40. The number of nitrogens with zero attached hydrogens (tertiary/aromatic N) is 2. The minimum Gasteiger partial charge on any atom is -0.335 e. The fourth-order valence-corrected chi connectivity index (χ4v) is 3.21. The summed E-state index contributed by atoms with van der Waals surface area (Å²) in [7, 11) is 0. The van der Waals surface area contributed by atoms with Crippen LogP contribution in [0, 0.1) is 6.92 Å². The number of aryl methyl sites for hydroxylation is 2. The average Bonchev–Trinajstić information content (AvgIpc) is 3.11. The molecule has 0 spiro atoms.